The molecule has 130 valence electrons. The molecule has 0 aliphatic carbocycles. The van der Waals surface area contributed by atoms with Gasteiger partial charge in [-0.1, -0.05) is 0 Å². The maximum absolute atomic E-state index is 4.64. The van der Waals surface area contributed by atoms with Gasteiger partial charge in [-0.3, -0.25) is 14.6 Å². The van der Waals surface area contributed by atoms with E-state index in [9.17, 15) is 0 Å². The van der Waals surface area contributed by atoms with Crippen molar-refractivity contribution in [2.24, 2.45) is 5.92 Å². The first-order valence-corrected chi connectivity index (χ1v) is 9.12. The molecule has 3 heterocycles. The fourth-order valence-corrected chi connectivity index (χ4v) is 3.33. The summed E-state index contributed by atoms with van der Waals surface area (Å²) >= 11 is 0. The summed E-state index contributed by atoms with van der Waals surface area (Å²) in [5, 5.41) is 4.37. The standard InChI is InChI=1S/C19H29N5/c1-14(2)23-7-5-16(6-8-23)9-18-11-21-19(12-20-18)17-10-22-24(13-17)15(3)4/h10-16H,5-9H2,1-4H3. The van der Waals surface area contributed by atoms with Crippen molar-refractivity contribution in [1.82, 2.24) is 24.6 Å². The maximum Gasteiger partial charge on any atom is 0.0916 e. The second-order valence-corrected chi connectivity index (χ2v) is 7.47. The molecule has 0 unspecified atom stereocenters. The smallest absolute Gasteiger partial charge is 0.0916 e. The van der Waals surface area contributed by atoms with Crippen LogP contribution in [0.5, 0.6) is 0 Å². The average Bonchev–Trinajstić information content (AvgIpc) is 3.06. The van der Waals surface area contributed by atoms with Crippen molar-refractivity contribution in [3.8, 4) is 11.3 Å². The van der Waals surface area contributed by atoms with Crippen molar-refractivity contribution in [1.29, 1.82) is 0 Å². The van der Waals surface area contributed by atoms with E-state index in [-0.39, 0.29) is 0 Å². The predicted molar refractivity (Wildman–Crippen MR) is 96.8 cm³/mol. The second-order valence-electron chi connectivity index (χ2n) is 7.47. The zero-order valence-electron chi connectivity index (χ0n) is 15.3. The molecule has 1 fully saturated rings. The molecule has 0 saturated carbocycles. The monoisotopic (exact) mass is 327 g/mol. The first-order valence-electron chi connectivity index (χ1n) is 9.12. The highest BCUT2D eigenvalue weighted by atomic mass is 15.3. The Morgan fingerprint density at radius 1 is 1.00 bits per heavy atom. The van der Waals surface area contributed by atoms with Crippen LogP contribution in [0.4, 0.5) is 0 Å². The first-order chi connectivity index (χ1) is 11.5. The zero-order valence-corrected chi connectivity index (χ0v) is 15.3. The van der Waals surface area contributed by atoms with Crippen LogP contribution >= 0.6 is 0 Å². The number of aromatic nitrogens is 4. The SMILES string of the molecule is CC(C)N1CCC(Cc2cnc(-c3cnn(C(C)C)c3)cn2)CC1. The lowest BCUT2D eigenvalue weighted by Crippen LogP contribution is -2.38. The fraction of sp³-hybridized carbons (Fsp3) is 0.632. The van der Waals surface area contributed by atoms with Crippen molar-refractivity contribution < 1.29 is 0 Å². The normalized spacial score (nSPS) is 17.1. The highest BCUT2D eigenvalue weighted by Gasteiger charge is 2.21. The number of hydrogen-bond donors (Lipinski definition) is 0. The van der Waals surface area contributed by atoms with E-state index in [1.807, 2.05) is 29.5 Å². The van der Waals surface area contributed by atoms with Gasteiger partial charge in [0.25, 0.3) is 0 Å². The third-order valence-electron chi connectivity index (χ3n) is 5.01. The minimum absolute atomic E-state index is 0.364. The third-order valence-corrected chi connectivity index (χ3v) is 5.01. The van der Waals surface area contributed by atoms with Crippen molar-refractivity contribution >= 4 is 0 Å². The Labute approximate surface area is 145 Å². The lowest BCUT2D eigenvalue weighted by Gasteiger charge is -2.34. The number of rotatable bonds is 5. The van der Waals surface area contributed by atoms with Crippen LogP contribution in [0.3, 0.4) is 0 Å². The molecular weight excluding hydrogens is 298 g/mol. The van der Waals surface area contributed by atoms with E-state index in [2.05, 4.69) is 47.7 Å². The second kappa shape index (κ2) is 7.43. The minimum Gasteiger partial charge on any atom is -0.301 e. The highest BCUT2D eigenvalue weighted by molar-refractivity contribution is 5.55. The highest BCUT2D eigenvalue weighted by Crippen LogP contribution is 2.23. The predicted octanol–water partition coefficient (Wildman–Crippen LogP) is 3.58. The maximum atomic E-state index is 4.64. The van der Waals surface area contributed by atoms with Crippen LogP contribution < -0.4 is 0 Å². The summed E-state index contributed by atoms with van der Waals surface area (Å²) in [4.78, 5) is 11.8. The van der Waals surface area contributed by atoms with Crippen LogP contribution in [0.25, 0.3) is 11.3 Å². The fourth-order valence-electron chi connectivity index (χ4n) is 3.33. The number of nitrogens with zero attached hydrogens (tertiary/aromatic N) is 5. The molecule has 0 amide bonds. The van der Waals surface area contributed by atoms with E-state index in [1.54, 1.807) is 0 Å². The molecule has 0 N–H and O–H groups in total. The summed E-state index contributed by atoms with van der Waals surface area (Å²) in [5.74, 6) is 0.740. The summed E-state index contributed by atoms with van der Waals surface area (Å²) in [7, 11) is 0. The van der Waals surface area contributed by atoms with E-state index >= 15 is 0 Å². The summed E-state index contributed by atoms with van der Waals surface area (Å²) < 4.78 is 1.95. The molecule has 0 aromatic carbocycles. The molecular formula is C19H29N5. The van der Waals surface area contributed by atoms with E-state index in [4.69, 9.17) is 0 Å². The summed E-state index contributed by atoms with van der Waals surface area (Å²) in [6, 6.07) is 1.03. The Morgan fingerprint density at radius 3 is 2.29 bits per heavy atom. The summed E-state index contributed by atoms with van der Waals surface area (Å²) in [5.41, 5.74) is 3.05. The van der Waals surface area contributed by atoms with Gasteiger partial charge in [0.15, 0.2) is 0 Å². The lowest BCUT2D eigenvalue weighted by molar-refractivity contribution is 0.149. The average molecular weight is 327 g/mol. The third kappa shape index (κ3) is 4.01. The molecule has 1 saturated heterocycles. The Bertz CT molecular complexity index is 636. The summed E-state index contributed by atoms with van der Waals surface area (Å²) in [6.07, 6.45) is 11.3. The van der Waals surface area contributed by atoms with Gasteiger partial charge in [-0.25, -0.2) is 0 Å². The molecule has 5 heteroatoms. The Balaban J connectivity index is 1.59. The van der Waals surface area contributed by atoms with Crippen LogP contribution in [0.15, 0.2) is 24.8 Å². The summed E-state index contributed by atoms with van der Waals surface area (Å²) in [6.45, 7) is 11.2. The molecule has 2 aromatic rings. The lowest BCUT2D eigenvalue weighted by atomic mass is 9.92. The zero-order chi connectivity index (χ0) is 17.1. The van der Waals surface area contributed by atoms with Crippen molar-refractivity contribution in [2.45, 2.75) is 59.0 Å². The Morgan fingerprint density at radius 2 is 1.75 bits per heavy atom. The molecule has 1 aliphatic rings. The Kier molecular flexibility index (Phi) is 5.29. The molecule has 3 rings (SSSR count). The topological polar surface area (TPSA) is 46.8 Å². The van der Waals surface area contributed by atoms with Gasteiger partial charge >= 0.3 is 0 Å². The van der Waals surface area contributed by atoms with Gasteiger partial charge in [-0.05, 0) is 66.0 Å². The molecule has 0 bridgehead atoms. The molecule has 0 spiro atoms. The minimum atomic E-state index is 0.364. The van der Waals surface area contributed by atoms with Crippen molar-refractivity contribution in [3.05, 3.63) is 30.5 Å². The molecule has 5 nitrogen and oxygen atoms in total. The number of likely N-dealkylation sites (tertiary alicyclic amines) is 1. The van der Waals surface area contributed by atoms with Crippen LogP contribution in [0.1, 0.15) is 52.3 Å². The van der Waals surface area contributed by atoms with Crippen molar-refractivity contribution in [3.63, 3.8) is 0 Å². The van der Waals surface area contributed by atoms with E-state index in [0.717, 1.165) is 29.3 Å². The van der Waals surface area contributed by atoms with E-state index in [0.29, 0.717) is 12.1 Å². The van der Waals surface area contributed by atoms with Gasteiger partial charge in [0.1, 0.15) is 0 Å². The largest absolute Gasteiger partial charge is 0.301 e. The van der Waals surface area contributed by atoms with Crippen LogP contribution in [0, 0.1) is 5.92 Å². The van der Waals surface area contributed by atoms with Gasteiger partial charge in [-0.2, -0.15) is 5.10 Å². The molecule has 0 radical (unpaired) electrons. The first kappa shape index (κ1) is 17.1. The van der Waals surface area contributed by atoms with Crippen LogP contribution in [-0.2, 0) is 6.42 Å². The quantitative estimate of drug-likeness (QED) is 0.842. The van der Waals surface area contributed by atoms with Gasteiger partial charge in [-0.15, -0.1) is 0 Å². The van der Waals surface area contributed by atoms with Crippen molar-refractivity contribution in [2.75, 3.05) is 13.1 Å². The number of hydrogen-bond acceptors (Lipinski definition) is 4. The molecule has 0 atom stereocenters. The van der Waals surface area contributed by atoms with Crippen LogP contribution in [0.2, 0.25) is 0 Å². The Hall–Kier alpha value is -1.75. The molecule has 24 heavy (non-hydrogen) atoms. The van der Waals surface area contributed by atoms with Crippen LogP contribution in [-0.4, -0.2) is 43.8 Å². The van der Waals surface area contributed by atoms with E-state index in [1.165, 1.54) is 25.9 Å². The van der Waals surface area contributed by atoms with E-state index < -0.39 is 0 Å². The molecule has 1 aliphatic heterocycles. The van der Waals surface area contributed by atoms with Gasteiger partial charge in [0.2, 0.25) is 0 Å². The van der Waals surface area contributed by atoms with Gasteiger partial charge in [0, 0.05) is 30.0 Å². The van der Waals surface area contributed by atoms with Gasteiger partial charge < -0.3 is 4.90 Å². The number of piperidine rings is 1. The molecule has 2 aromatic heterocycles. The van der Waals surface area contributed by atoms with Gasteiger partial charge in [0.05, 0.1) is 23.8 Å².